The van der Waals surface area contributed by atoms with Crippen molar-refractivity contribution in [2.75, 3.05) is 20.0 Å². The van der Waals surface area contributed by atoms with Crippen LogP contribution >= 0.6 is 11.3 Å². The van der Waals surface area contributed by atoms with Crippen LogP contribution in [0.1, 0.15) is 15.9 Å². The van der Waals surface area contributed by atoms with Gasteiger partial charge in [-0.3, -0.25) is 4.79 Å². The van der Waals surface area contributed by atoms with Crippen LogP contribution in [0.2, 0.25) is 25.7 Å². The number of rotatable bonds is 13. The number of benzene rings is 1. The highest BCUT2D eigenvalue weighted by molar-refractivity contribution is 7.07. The van der Waals surface area contributed by atoms with Gasteiger partial charge in [0.15, 0.2) is 12.8 Å². The number of hydrogen-bond donors (Lipinski definition) is 3. The largest absolute Gasteiger partial charge is 0.489 e. The molecular formula is C21H29NO7SSi. The van der Waals surface area contributed by atoms with E-state index in [4.69, 9.17) is 24.4 Å². The summed E-state index contributed by atoms with van der Waals surface area (Å²) in [5, 5.41) is 24.4. The summed E-state index contributed by atoms with van der Waals surface area (Å²) >= 11 is 1.57. The maximum Gasteiger partial charge on any atom is 0.328 e. The van der Waals surface area contributed by atoms with Gasteiger partial charge in [-0.25, -0.2) is 4.79 Å². The minimum Gasteiger partial charge on any atom is -0.489 e. The SMILES string of the molecule is C[Si](C)(C)CCOCOc1cc(OCc2ccsc2)ccc1C(=O)N[C@@H](CO)C(=O)O. The van der Waals surface area contributed by atoms with Gasteiger partial charge in [0.05, 0.1) is 12.2 Å². The van der Waals surface area contributed by atoms with Gasteiger partial charge >= 0.3 is 5.97 Å². The number of amides is 1. The molecule has 31 heavy (non-hydrogen) atoms. The van der Waals surface area contributed by atoms with Crippen molar-refractivity contribution in [3.63, 3.8) is 0 Å². The van der Waals surface area contributed by atoms with E-state index in [1.807, 2.05) is 16.8 Å². The first-order valence-electron chi connectivity index (χ1n) is 9.82. The predicted octanol–water partition coefficient (Wildman–Crippen LogP) is 3.19. The summed E-state index contributed by atoms with van der Waals surface area (Å²) in [4.78, 5) is 23.7. The molecule has 2 aromatic rings. The van der Waals surface area contributed by atoms with Crippen LogP contribution in [-0.4, -0.2) is 56.2 Å². The van der Waals surface area contributed by atoms with Crippen LogP contribution < -0.4 is 14.8 Å². The maximum atomic E-state index is 12.6. The van der Waals surface area contributed by atoms with Crippen LogP contribution in [-0.2, 0) is 16.1 Å². The molecule has 0 aliphatic heterocycles. The van der Waals surface area contributed by atoms with Gasteiger partial charge in [0.2, 0.25) is 0 Å². The molecule has 8 nitrogen and oxygen atoms in total. The fourth-order valence-electron chi connectivity index (χ4n) is 2.40. The number of nitrogens with one attached hydrogen (secondary N) is 1. The second-order valence-electron chi connectivity index (χ2n) is 8.11. The molecule has 0 unspecified atom stereocenters. The average Bonchev–Trinajstić information content (AvgIpc) is 3.22. The number of ether oxygens (including phenoxy) is 3. The highest BCUT2D eigenvalue weighted by atomic mass is 32.1. The molecule has 0 spiro atoms. The molecule has 1 aromatic carbocycles. The van der Waals surface area contributed by atoms with Crippen molar-refractivity contribution in [3.8, 4) is 11.5 Å². The maximum absolute atomic E-state index is 12.6. The summed E-state index contributed by atoms with van der Waals surface area (Å²) in [6.45, 7) is 6.87. The second-order valence-corrected chi connectivity index (χ2v) is 14.5. The molecule has 1 amide bonds. The standard InChI is InChI=1S/C21H29NO7SSi/c1-31(2,3)9-7-27-14-29-19-10-16(28-12-15-6-8-30-13-15)4-5-17(19)20(24)22-18(11-23)21(25)26/h4-6,8,10,13,18,23H,7,9,11-12,14H2,1-3H3,(H,22,24)(H,25,26)/t18-/m0/s1. The van der Waals surface area contributed by atoms with Gasteiger partial charge in [0.1, 0.15) is 18.1 Å². The topological polar surface area (TPSA) is 114 Å². The zero-order valence-corrected chi connectivity index (χ0v) is 19.7. The summed E-state index contributed by atoms with van der Waals surface area (Å²) in [7, 11) is -1.24. The lowest BCUT2D eigenvalue weighted by Crippen LogP contribution is -2.43. The highest BCUT2D eigenvalue weighted by Crippen LogP contribution is 2.26. The Morgan fingerprint density at radius 1 is 1.19 bits per heavy atom. The zero-order valence-electron chi connectivity index (χ0n) is 17.9. The van der Waals surface area contributed by atoms with Gasteiger partial charge in [-0.1, -0.05) is 19.6 Å². The van der Waals surface area contributed by atoms with Gasteiger partial charge in [-0.15, -0.1) is 0 Å². The van der Waals surface area contributed by atoms with E-state index in [1.54, 1.807) is 23.5 Å². The van der Waals surface area contributed by atoms with Gasteiger partial charge in [-0.05, 0) is 40.6 Å². The Bertz CT molecular complexity index is 852. The van der Waals surface area contributed by atoms with E-state index in [2.05, 4.69) is 25.0 Å². The molecule has 10 heteroatoms. The van der Waals surface area contributed by atoms with Gasteiger partial charge in [0.25, 0.3) is 5.91 Å². The van der Waals surface area contributed by atoms with Crippen molar-refractivity contribution in [3.05, 3.63) is 46.2 Å². The van der Waals surface area contributed by atoms with E-state index in [0.717, 1.165) is 11.6 Å². The first kappa shape index (κ1) is 24.9. The highest BCUT2D eigenvalue weighted by Gasteiger charge is 2.22. The molecule has 170 valence electrons. The number of thiophene rings is 1. The van der Waals surface area contributed by atoms with E-state index < -0.39 is 32.6 Å². The quantitative estimate of drug-likeness (QED) is 0.235. The first-order valence-corrected chi connectivity index (χ1v) is 14.5. The van der Waals surface area contributed by atoms with E-state index >= 15 is 0 Å². The van der Waals surface area contributed by atoms with Crippen LogP contribution in [0, 0.1) is 0 Å². The Labute approximate surface area is 186 Å². The van der Waals surface area contributed by atoms with E-state index in [9.17, 15) is 9.59 Å². The fourth-order valence-corrected chi connectivity index (χ4v) is 3.81. The lowest BCUT2D eigenvalue weighted by atomic mass is 10.1. The summed E-state index contributed by atoms with van der Waals surface area (Å²) in [6, 6.07) is 6.18. The summed E-state index contributed by atoms with van der Waals surface area (Å²) in [6.07, 6.45) is 0. The molecule has 0 saturated carbocycles. The minimum atomic E-state index is -1.41. The number of aliphatic carboxylic acids is 1. The van der Waals surface area contributed by atoms with E-state index in [-0.39, 0.29) is 18.1 Å². The molecule has 3 N–H and O–H groups in total. The molecular weight excluding hydrogens is 438 g/mol. The van der Waals surface area contributed by atoms with Crippen molar-refractivity contribution in [1.82, 2.24) is 5.32 Å². The minimum absolute atomic E-state index is 0.0545. The van der Waals surface area contributed by atoms with Crippen molar-refractivity contribution in [2.45, 2.75) is 38.3 Å². The monoisotopic (exact) mass is 467 g/mol. The predicted molar refractivity (Wildman–Crippen MR) is 121 cm³/mol. The summed E-state index contributed by atoms with van der Waals surface area (Å²) < 4.78 is 17.0. The van der Waals surface area contributed by atoms with Crippen molar-refractivity contribution < 1.29 is 34.0 Å². The number of carboxylic acid groups (broad SMARTS) is 1. The summed E-state index contributed by atoms with van der Waals surface area (Å²) in [5.41, 5.74) is 1.15. The number of carbonyl (C=O) groups is 2. The van der Waals surface area contributed by atoms with Crippen LogP contribution in [0.15, 0.2) is 35.0 Å². The Hall–Kier alpha value is -2.40. The molecule has 1 heterocycles. The van der Waals surface area contributed by atoms with Crippen molar-refractivity contribution in [2.24, 2.45) is 0 Å². The molecule has 0 radical (unpaired) electrons. The van der Waals surface area contributed by atoms with Gasteiger partial charge in [0, 0.05) is 20.7 Å². The van der Waals surface area contributed by atoms with E-state index in [0.29, 0.717) is 19.0 Å². The third-order valence-electron chi connectivity index (χ3n) is 4.26. The lowest BCUT2D eigenvalue weighted by Gasteiger charge is -2.17. The van der Waals surface area contributed by atoms with Crippen LogP contribution in [0.4, 0.5) is 0 Å². The van der Waals surface area contributed by atoms with Crippen molar-refractivity contribution in [1.29, 1.82) is 0 Å². The number of carboxylic acids is 1. The molecule has 0 fully saturated rings. The van der Waals surface area contributed by atoms with E-state index in [1.165, 1.54) is 6.07 Å². The number of aliphatic hydroxyl groups excluding tert-OH is 1. The molecule has 0 aliphatic carbocycles. The number of aliphatic hydroxyl groups is 1. The lowest BCUT2D eigenvalue weighted by molar-refractivity contribution is -0.140. The molecule has 1 aromatic heterocycles. The van der Waals surface area contributed by atoms with Crippen LogP contribution in [0.5, 0.6) is 11.5 Å². The molecule has 0 saturated heterocycles. The molecule has 1 atom stereocenters. The Morgan fingerprint density at radius 3 is 2.58 bits per heavy atom. The fraction of sp³-hybridized carbons (Fsp3) is 0.429. The van der Waals surface area contributed by atoms with Gasteiger partial charge in [-0.2, -0.15) is 11.3 Å². The van der Waals surface area contributed by atoms with Gasteiger partial charge < -0.3 is 29.7 Å². The van der Waals surface area contributed by atoms with Crippen LogP contribution in [0.3, 0.4) is 0 Å². The summed E-state index contributed by atoms with van der Waals surface area (Å²) in [5.74, 6) is -1.31. The Balaban J connectivity index is 2.09. The zero-order chi connectivity index (χ0) is 22.9. The molecule has 0 aliphatic rings. The van der Waals surface area contributed by atoms with Crippen LogP contribution in [0.25, 0.3) is 0 Å². The Morgan fingerprint density at radius 2 is 1.97 bits per heavy atom. The number of carbonyl (C=O) groups excluding carboxylic acids is 1. The third-order valence-corrected chi connectivity index (χ3v) is 6.70. The molecule has 0 bridgehead atoms. The smallest absolute Gasteiger partial charge is 0.328 e. The Kier molecular flexibility index (Phi) is 9.50. The normalized spacial score (nSPS) is 12.3. The third kappa shape index (κ3) is 8.70. The second kappa shape index (κ2) is 11.8. The van der Waals surface area contributed by atoms with Crippen molar-refractivity contribution >= 4 is 31.3 Å². The first-order chi connectivity index (χ1) is 14.7. The average molecular weight is 468 g/mol. The number of hydrogen-bond acceptors (Lipinski definition) is 7. The molecule has 2 rings (SSSR count).